The van der Waals surface area contributed by atoms with Crippen molar-refractivity contribution in [1.82, 2.24) is 19.5 Å². The number of nitrogens with one attached hydrogen (secondary N) is 1. The summed E-state index contributed by atoms with van der Waals surface area (Å²) in [6.45, 7) is -0.233. The van der Waals surface area contributed by atoms with Crippen molar-refractivity contribution in [3.63, 3.8) is 0 Å². The molecule has 3 atom stereocenters. The Labute approximate surface area is 120 Å². The molecular weight excluding hydrogens is 282 g/mol. The highest BCUT2D eigenvalue weighted by Crippen LogP contribution is 2.34. The van der Waals surface area contributed by atoms with E-state index in [1.54, 1.807) is 11.6 Å². The maximum Gasteiger partial charge on any atom is 0.169 e. The van der Waals surface area contributed by atoms with Gasteiger partial charge in [-0.2, -0.15) is 0 Å². The largest absolute Gasteiger partial charge is 0.394 e. The second-order valence-electron chi connectivity index (χ2n) is 4.54. The highest BCUT2D eigenvalue weighted by molar-refractivity contribution is 7.80. The van der Waals surface area contributed by atoms with Crippen LogP contribution in [0.2, 0.25) is 0 Å². The minimum absolute atomic E-state index is 0.233. The molecule has 8 nitrogen and oxygen atoms in total. The second kappa shape index (κ2) is 5.17. The molecule has 0 bridgehead atoms. The highest BCUT2D eigenvalue weighted by atomic mass is 32.1. The quantitative estimate of drug-likeness (QED) is 0.581. The number of fused-ring (bicyclic) bond motifs is 1. The lowest BCUT2D eigenvalue weighted by Crippen LogP contribution is -2.24. The topological polar surface area (TPSA) is 105 Å². The smallest absolute Gasteiger partial charge is 0.169 e. The molecule has 3 heterocycles. The molecule has 1 aliphatic heterocycles. The first-order valence-electron chi connectivity index (χ1n) is 6.19. The van der Waals surface area contributed by atoms with Crippen molar-refractivity contribution in [2.24, 2.45) is 0 Å². The number of imidazole rings is 1. The fraction of sp³-hybridized carbons (Fsp3) is 0.545. The number of anilines is 1. The van der Waals surface area contributed by atoms with E-state index in [4.69, 9.17) is 9.84 Å². The maximum atomic E-state index is 9.83. The van der Waals surface area contributed by atoms with E-state index < -0.39 is 18.4 Å². The van der Waals surface area contributed by atoms with E-state index in [2.05, 4.69) is 32.9 Å². The molecule has 0 amide bonds. The Morgan fingerprint density at radius 3 is 3.00 bits per heavy atom. The van der Waals surface area contributed by atoms with Crippen molar-refractivity contribution in [3.8, 4) is 0 Å². The van der Waals surface area contributed by atoms with Crippen molar-refractivity contribution in [2.75, 3.05) is 19.0 Å². The molecule has 9 heteroatoms. The Morgan fingerprint density at radius 1 is 1.55 bits per heavy atom. The average molecular weight is 297 g/mol. The summed E-state index contributed by atoms with van der Waals surface area (Å²) in [6.07, 6.45) is -0.00623. The number of aliphatic hydroxyl groups excluding tert-OH is 2. The highest BCUT2D eigenvalue weighted by Gasteiger charge is 2.36. The fourth-order valence-corrected chi connectivity index (χ4v) is 2.71. The summed E-state index contributed by atoms with van der Waals surface area (Å²) in [5.74, 6) is 0.598. The molecule has 0 saturated carbocycles. The molecule has 1 aliphatic rings. The molecule has 0 spiro atoms. The van der Waals surface area contributed by atoms with Gasteiger partial charge in [0.2, 0.25) is 0 Å². The van der Waals surface area contributed by atoms with Gasteiger partial charge in [0.25, 0.3) is 0 Å². The average Bonchev–Trinajstić information content (AvgIpc) is 2.97. The summed E-state index contributed by atoms with van der Waals surface area (Å²) < 4.78 is 7.32. The van der Waals surface area contributed by atoms with E-state index >= 15 is 0 Å². The Balaban J connectivity index is 2.06. The van der Waals surface area contributed by atoms with Crippen LogP contribution in [-0.2, 0) is 4.74 Å². The Hall–Kier alpha value is -1.42. The minimum Gasteiger partial charge on any atom is -0.394 e. The van der Waals surface area contributed by atoms with E-state index in [1.807, 2.05) is 0 Å². The van der Waals surface area contributed by atoms with Crippen LogP contribution < -0.4 is 5.32 Å². The van der Waals surface area contributed by atoms with E-state index in [9.17, 15) is 5.11 Å². The van der Waals surface area contributed by atoms with Gasteiger partial charge in [0.05, 0.1) is 12.7 Å². The third-order valence-electron chi connectivity index (χ3n) is 3.37. The van der Waals surface area contributed by atoms with Crippen LogP contribution in [0, 0.1) is 0 Å². The van der Waals surface area contributed by atoms with E-state index in [1.165, 1.54) is 6.33 Å². The molecule has 3 N–H and O–H groups in total. The van der Waals surface area contributed by atoms with Crippen LogP contribution in [0.25, 0.3) is 11.2 Å². The first-order valence-corrected chi connectivity index (χ1v) is 6.64. The van der Waals surface area contributed by atoms with Crippen LogP contribution in [0.4, 0.5) is 5.82 Å². The zero-order valence-corrected chi connectivity index (χ0v) is 11.7. The Kier molecular flexibility index (Phi) is 3.50. The van der Waals surface area contributed by atoms with Gasteiger partial charge in [0.1, 0.15) is 18.7 Å². The molecule has 1 saturated heterocycles. The molecular formula is C11H15N5O3S. The predicted octanol–water partition coefficient (Wildman–Crippen LogP) is -0.203. The van der Waals surface area contributed by atoms with Crippen molar-refractivity contribution in [2.45, 2.75) is 30.0 Å². The minimum atomic E-state index is -0.721. The molecule has 2 aromatic heterocycles. The van der Waals surface area contributed by atoms with E-state index in [0.717, 1.165) is 0 Å². The number of aliphatic hydroxyl groups is 2. The summed E-state index contributed by atoms with van der Waals surface area (Å²) in [7, 11) is 1.75. The number of hydrogen-bond acceptors (Lipinski definition) is 8. The molecule has 0 radical (unpaired) electrons. The fourth-order valence-electron chi connectivity index (χ4n) is 2.38. The zero-order chi connectivity index (χ0) is 14.3. The summed E-state index contributed by atoms with van der Waals surface area (Å²) in [5.41, 5.74) is 1.16. The first-order chi connectivity index (χ1) is 9.65. The lowest BCUT2D eigenvalue weighted by molar-refractivity contribution is -0.0457. The van der Waals surface area contributed by atoms with Gasteiger partial charge in [0.15, 0.2) is 22.1 Å². The zero-order valence-electron chi connectivity index (χ0n) is 10.8. The number of ether oxygens (including phenoxy) is 1. The summed E-state index contributed by atoms with van der Waals surface area (Å²) in [5, 5.41) is 22.3. The molecule has 20 heavy (non-hydrogen) atoms. The van der Waals surface area contributed by atoms with Crippen molar-refractivity contribution in [1.29, 1.82) is 0 Å². The van der Waals surface area contributed by atoms with Crippen LogP contribution in [-0.4, -0.2) is 55.6 Å². The van der Waals surface area contributed by atoms with Gasteiger partial charge >= 0.3 is 0 Å². The van der Waals surface area contributed by atoms with Crippen molar-refractivity contribution < 1.29 is 14.9 Å². The molecule has 0 aliphatic carbocycles. The Morgan fingerprint density at radius 2 is 2.35 bits per heavy atom. The van der Waals surface area contributed by atoms with Crippen molar-refractivity contribution in [3.05, 3.63) is 6.33 Å². The van der Waals surface area contributed by atoms with Crippen LogP contribution in [0.5, 0.6) is 0 Å². The van der Waals surface area contributed by atoms with Crippen LogP contribution in [0.3, 0.4) is 0 Å². The van der Waals surface area contributed by atoms with Crippen LogP contribution >= 0.6 is 12.6 Å². The summed E-state index contributed by atoms with van der Waals surface area (Å²) in [6, 6.07) is 0. The van der Waals surface area contributed by atoms with Gasteiger partial charge in [-0.1, -0.05) is 0 Å². The van der Waals surface area contributed by atoms with Gasteiger partial charge in [-0.15, -0.1) is 12.6 Å². The van der Waals surface area contributed by atoms with Gasteiger partial charge in [-0.05, 0) is 0 Å². The van der Waals surface area contributed by atoms with Gasteiger partial charge in [0, 0.05) is 13.5 Å². The first kappa shape index (κ1) is 13.6. The lowest BCUT2D eigenvalue weighted by Gasteiger charge is -2.14. The lowest BCUT2D eigenvalue weighted by atomic mass is 10.2. The van der Waals surface area contributed by atoms with Crippen LogP contribution in [0.1, 0.15) is 12.6 Å². The number of nitrogens with zero attached hydrogens (tertiary/aromatic N) is 4. The molecule has 1 fully saturated rings. The normalized spacial score (nSPS) is 26.3. The standard InChI is InChI=1S/C11H15N5O3S/c1-12-9-8-10(14-4-13-9)16(11(20)15-8)7-2-5(18)6(3-17)19-7/h4-7,17-18H,2-3H2,1H3,(H,15,20)(H,12,13,14)/t5?,6-,7-/m1/s1. The molecule has 108 valence electrons. The summed E-state index contributed by atoms with van der Waals surface area (Å²) >= 11 is 4.34. The van der Waals surface area contributed by atoms with E-state index in [-0.39, 0.29) is 6.61 Å². The third-order valence-corrected chi connectivity index (χ3v) is 3.68. The van der Waals surface area contributed by atoms with E-state index in [0.29, 0.717) is 28.6 Å². The third kappa shape index (κ3) is 2.03. The SMILES string of the molecule is CNc1ncnc2c1nc(S)n2[C@H]1CC(O)[C@@H](CO)O1. The predicted molar refractivity (Wildman–Crippen MR) is 73.7 cm³/mol. The van der Waals surface area contributed by atoms with Gasteiger partial charge in [-0.25, -0.2) is 15.0 Å². The monoisotopic (exact) mass is 297 g/mol. The number of rotatable bonds is 3. The Bertz CT molecular complexity index is 634. The number of thiol groups is 1. The maximum absolute atomic E-state index is 9.83. The number of hydrogen-bond donors (Lipinski definition) is 4. The number of aromatic nitrogens is 4. The van der Waals surface area contributed by atoms with Gasteiger partial charge < -0.3 is 20.3 Å². The van der Waals surface area contributed by atoms with Crippen molar-refractivity contribution >= 4 is 29.6 Å². The summed E-state index contributed by atoms with van der Waals surface area (Å²) in [4.78, 5) is 12.6. The van der Waals surface area contributed by atoms with Crippen LogP contribution in [0.15, 0.2) is 11.5 Å². The second-order valence-corrected chi connectivity index (χ2v) is 4.94. The molecule has 0 aromatic carbocycles. The van der Waals surface area contributed by atoms with Gasteiger partial charge in [-0.3, -0.25) is 4.57 Å². The molecule has 1 unspecified atom stereocenters. The molecule has 2 aromatic rings. The molecule has 3 rings (SSSR count).